The molecule has 0 aromatic heterocycles. The van der Waals surface area contributed by atoms with E-state index in [-0.39, 0.29) is 18.2 Å². The van der Waals surface area contributed by atoms with Crippen LogP contribution in [0.1, 0.15) is 0 Å². The topological polar surface area (TPSA) is 121 Å². The van der Waals surface area contributed by atoms with Crippen LogP contribution >= 0.6 is 0 Å². The van der Waals surface area contributed by atoms with Crippen molar-refractivity contribution in [1.29, 1.82) is 0 Å². The minimum atomic E-state index is -0.430. The van der Waals surface area contributed by atoms with Crippen molar-refractivity contribution in [3.63, 3.8) is 0 Å². The van der Waals surface area contributed by atoms with Crippen LogP contribution < -0.4 is 21.9 Å². The van der Waals surface area contributed by atoms with Crippen LogP contribution in [0, 0.1) is 0 Å². The molecule has 0 aliphatic carbocycles. The molecular weight excluding hydrogens is 264 g/mol. The van der Waals surface area contributed by atoms with Crippen LogP contribution in [0.4, 0.5) is 18.3 Å². The van der Waals surface area contributed by atoms with Crippen LogP contribution in [-0.2, 0) is 9.59 Å². The maximum Gasteiger partial charge on any atom is 0.290 e. The summed E-state index contributed by atoms with van der Waals surface area (Å²) in [7, 11) is 1.46. The Morgan fingerprint density at radius 1 is 1.17 bits per heavy atom. The van der Waals surface area contributed by atoms with Gasteiger partial charge in [0.15, 0.2) is 0 Å². The molecule has 0 spiro atoms. The van der Waals surface area contributed by atoms with Gasteiger partial charge in [-0.05, 0) is 0 Å². The van der Waals surface area contributed by atoms with E-state index < -0.39 is 11.7 Å². The van der Waals surface area contributed by atoms with Crippen LogP contribution in [0.2, 0.25) is 0 Å². The van der Waals surface area contributed by atoms with Gasteiger partial charge in [0.1, 0.15) is 0 Å². The molecule has 1 rings (SSSR count). The summed E-state index contributed by atoms with van der Waals surface area (Å²) in [5.41, 5.74) is 9.74. The Morgan fingerprint density at radius 3 is 1.94 bits per heavy atom. The molecular formula is C6H10F4N6O2. The van der Waals surface area contributed by atoms with E-state index in [4.69, 9.17) is 24.0 Å². The second-order valence-corrected chi connectivity index (χ2v) is 2.35. The number of amidine groups is 2. The molecule has 0 radical (unpaired) electrons. The molecule has 18 heavy (non-hydrogen) atoms. The molecule has 0 aromatic carbocycles. The summed E-state index contributed by atoms with van der Waals surface area (Å²) in [6, 6.07) is 0. The van der Waals surface area contributed by atoms with Gasteiger partial charge in [0.25, 0.3) is 5.91 Å². The van der Waals surface area contributed by atoms with Crippen molar-refractivity contribution < 1.29 is 27.9 Å². The van der Waals surface area contributed by atoms with Crippen molar-refractivity contribution in [2.24, 2.45) is 15.9 Å². The standard InChI is InChI=1S/C6H10N6O2.2F2/c1-8-6(14)5-11-9-4(10-12-5)3(13)2-7;2*1-2/h2,7H2,1H3,(H,8,14)(H,9,10)(H,11,12);;. The molecule has 0 aromatic rings. The third kappa shape index (κ3) is 5.74. The second-order valence-electron chi connectivity index (χ2n) is 2.35. The van der Waals surface area contributed by atoms with Gasteiger partial charge in [-0.1, -0.05) is 0 Å². The normalized spacial score (nSPS) is 11.9. The number of carbonyl (C=O) groups excluding carboxylic acids is 2. The number of hydrogen-bond donors (Lipinski definition) is 4. The number of ketones is 1. The second kappa shape index (κ2) is 11.3. The van der Waals surface area contributed by atoms with Gasteiger partial charge in [-0.2, -0.15) is 5.10 Å². The molecule has 1 amide bonds. The zero-order valence-electron chi connectivity index (χ0n) is 9.01. The highest BCUT2D eigenvalue weighted by Gasteiger charge is 2.17. The number of likely N-dealkylation sites (N-methyl/N-ethyl adjacent to an activating group) is 1. The number of nitrogens with zero attached hydrogens (tertiary/aromatic N) is 2. The van der Waals surface area contributed by atoms with Gasteiger partial charge in [0.05, 0.1) is 6.54 Å². The van der Waals surface area contributed by atoms with E-state index in [9.17, 15) is 9.59 Å². The highest BCUT2D eigenvalue weighted by Crippen LogP contribution is 1.84. The Balaban J connectivity index is 0. The lowest BCUT2D eigenvalue weighted by Gasteiger charge is -2.11. The predicted octanol–water partition coefficient (Wildman–Crippen LogP) is -1.24. The molecule has 8 nitrogen and oxygen atoms in total. The van der Waals surface area contributed by atoms with E-state index in [1.807, 2.05) is 0 Å². The maximum absolute atomic E-state index is 11.0. The zero-order valence-corrected chi connectivity index (χ0v) is 9.01. The highest BCUT2D eigenvalue weighted by atomic mass is 20.0. The molecule has 0 atom stereocenters. The van der Waals surface area contributed by atoms with Crippen LogP contribution in [0.3, 0.4) is 0 Å². The molecule has 0 bridgehead atoms. The molecule has 0 saturated heterocycles. The van der Waals surface area contributed by atoms with Gasteiger partial charge in [-0.3, -0.25) is 20.4 Å². The van der Waals surface area contributed by atoms with E-state index in [1.165, 1.54) is 7.05 Å². The third-order valence-corrected chi connectivity index (χ3v) is 1.44. The molecule has 12 heteroatoms. The fraction of sp³-hybridized carbons (Fsp3) is 0.333. The Morgan fingerprint density at radius 2 is 1.61 bits per heavy atom. The lowest BCUT2D eigenvalue weighted by Crippen LogP contribution is -2.45. The molecule has 5 N–H and O–H groups in total. The van der Waals surface area contributed by atoms with Gasteiger partial charge in [-0.25, -0.2) is 0 Å². The Kier molecular flexibility index (Phi) is 11.3. The molecule has 0 saturated carbocycles. The molecule has 1 heterocycles. The first-order valence-electron chi connectivity index (χ1n) is 4.10. The number of hydrogen-bond acceptors (Lipinski definition) is 7. The van der Waals surface area contributed by atoms with Gasteiger partial charge < -0.3 is 11.1 Å². The lowest BCUT2D eigenvalue weighted by atomic mass is 10.4. The quantitative estimate of drug-likeness (QED) is 0.480. The van der Waals surface area contributed by atoms with Crippen LogP contribution in [-0.4, -0.2) is 37.0 Å². The first-order chi connectivity index (χ1) is 8.69. The molecule has 0 unspecified atom stereocenters. The Labute approximate surface area is 98.0 Å². The summed E-state index contributed by atoms with van der Waals surface area (Å²) < 4.78 is 32.0. The van der Waals surface area contributed by atoms with Crippen LogP contribution in [0.5, 0.6) is 0 Å². The van der Waals surface area contributed by atoms with Crippen molar-refractivity contribution in [2.75, 3.05) is 13.6 Å². The largest absolute Gasteiger partial charge is 0.352 e. The van der Waals surface area contributed by atoms with Gasteiger partial charge >= 0.3 is 0 Å². The molecule has 0 fully saturated rings. The van der Waals surface area contributed by atoms with Crippen molar-refractivity contribution in [3.05, 3.63) is 0 Å². The van der Waals surface area contributed by atoms with E-state index in [0.717, 1.165) is 0 Å². The minimum Gasteiger partial charge on any atom is -0.352 e. The fourth-order valence-electron chi connectivity index (χ4n) is 0.709. The smallest absolute Gasteiger partial charge is 0.290 e. The Bertz CT molecular complexity index is 302. The first kappa shape index (κ1) is 18.1. The lowest BCUT2D eigenvalue weighted by molar-refractivity contribution is -0.115. The monoisotopic (exact) mass is 274 g/mol. The number of halogens is 4. The molecule has 1 aliphatic heterocycles. The summed E-state index contributed by atoms with van der Waals surface area (Å²) >= 11 is 0. The molecule has 1 aliphatic rings. The Hall–Kier alpha value is -2.24. The maximum atomic E-state index is 11.0. The number of nitrogens with two attached hydrogens (primary N) is 1. The number of nitrogens with one attached hydrogen (secondary N) is 3. The van der Waals surface area contributed by atoms with Crippen LogP contribution in [0.25, 0.3) is 0 Å². The SMILES string of the molecule is CNC(=O)C1=NNC(C(=O)CN)=NN1.FF.FF. The number of hydrazone groups is 2. The number of amides is 1. The van der Waals surface area contributed by atoms with Crippen molar-refractivity contribution in [2.45, 2.75) is 0 Å². The van der Waals surface area contributed by atoms with E-state index >= 15 is 0 Å². The summed E-state index contributed by atoms with van der Waals surface area (Å²) in [6.07, 6.45) is 0. The summed E-state index contributed by atoms with van der Waals surface area (Å²) in [6.45, 7) is -0.168. The van der Waals surface area contributed by atoms with Gasteiger partial charge in [0, 0.05) is 25.3 Å². The number of rotatable bonds is 3. The number of Topliss-reactive ketones (excluding diaryl/α,β-unsaturated/α-hetero) is 1. The summed E-state index contributed by atoms with van der Waals surface area (Å²) in [5.74, 6) is -0.848. The summed E-state index contributed by atoms with van der Waals surface area (Å²) in [5, 5.41) is 9.51. The van der Waals surface area contributed by atoms with Gasteiger partial charge in [-0.15, -0.1) is 5.10 Å². The third-order valence-electron chi connectivity index (χ3n) is 1.44. The highest BCUT2D eigenvalue weighted by molar-refractivity contribution is 6.43. The predicted molar refractivity (Wildman–Crippen MR) is 53.7 cm³/mol. The van der Waals surface area contributed by atoms with Crippen molar-refractivity contribution >= 4 is 23.4 Å². The van der Waals surface area contributed by atoms with Gasteiger partial charge in [0.2, 0.25) is 17.5 Å². The van der Waals surface area contributed by atoms with E-state index in [2.05, 4.69) is 26.4 Å². The van der Waals surface area contributed by atoms with E-state index in [0.29, 0.717) is 0 Å². The van der Waals surface area contributed by atoms with Crippen LogP contribution in [0.15, 0.2) is 10.2 Å². The number of carbonyl (C=O) groups is 2. The zero-order chi connectivity index (χ0) is 14.6. The average molecular weight is 274 g/mol. The van der Waals surface area contributed by atoms with Crippen molar-refractivity contribution in [1.82, 2.24) is 16.2 Å². The average Bonchev–Trinajstić information content (AvgIpc) is 2.49. The fourth-order valence-corrected chi connectivity index (χ4v) is 0.709. The van der Waals surface area contributed by atoms with Crippen molar-refractivity contribution in [3.8, 4) is 0 Å². The minimum absolute atomic E-state index is 0.0129. The summed E-state index contributed by atoms with van der Waals surface area (Å²) in [4.78, 5) is 22.0. The molecule has 104 valence electrons. The van der Waals surface area contributed by atoms with E-state index in [1.54, 1.807) is 0 Å². The first-order valence-corrected chi connectivity index (χ1v) is 4.10.